The van der Waals surface area contributed by atoms with Crippen LogP contribution < -0.4 is 5.73 Å². The van der Waals surface area contributed by atoms with Crippen LogP contribution in [0.4, 0.5) is 0 Å². The molecule has 0 heterocycles. The third-order valence-electron chi connectivity index (χ3n) is 3.35. The molecule has 0 aromatic carbocycles. The van der Waals surface area contributed by atoms with E-state index in [4.69, 9.17) is 5.73 Å². The van der Waals surface area contributed by atoms with E-state index in [9.17, 15) is 4.79 Å². The summed E-state index contributed by atoms with van der Waals surface area (Å²) >= 11 is 0. The van der Waals surface area contributed by atoms with Gasteiger partial charge in [-0.2, -0.15) is 0 Å². The molecule has 1 amide bonds. The number of amides is 1. The molecule has 2 saturated carbocycles. The van der Waals surface area contributed by atoms with Crippen LogP contribution >= 0.6 is 0 Å². The molecule has 62 valence electrons. The molecular weight excluding hydrogens is 138 g/mol. The third kappa shape index (κ3) is 1.15. The van der Waals surface area contributed by atoms with Crippen LogP contribution in [0.15, 0.2) is 0 Å². The second-order valence-electron chi connectivity index (χ2n) is 4.21. The lowest BCUT2D eigenvalue weighted by Gasteiger charge is -2.25. The van der Waals surface area contributed by atoms with E-state index < -0.39 is 0 Å². The number of hydrogen-bond acceptors (Lipinski definition) is 1. The Hall–Kier alpha value is -0.530. The van der Waals surface area contributed by atoms with E-state index in [1.165, 1.54) is 12.8 Å². The topological polar surface area (TPSA) is 43.1 Å². The Labute approximate surface area is 67.1 Å². The van der Waals surface area contributed by atoms with E-state index in [2.05, 4.69) is 6.92 Å². The van der Waals surface area contributed by atoms with Gasteiger partial charge < -0.3 is 5.73 Å². The highest BCUT2D eigenvalue weighted by molar-refractivity contribution is 5.77. The molecular formula is C9H15NO. The lowest BCUT2D eigenvalue weighted by atomic mass is 9.80. The van der Waals surface area contributed by atoms with Crippen LogP contribution in [0.1, 0.15) is 26.2 Å². The fourth-order valence-electron chi connectivity index (χ4n) is 2.48. The van der Waals surface area contributed by atoms with E-state index in [1.54, 1.807) is 0 Å². The van der Waals surface area contributed by atoms with Gasteiger partial charge in [0.25, 0.3) is 0 Å². The van der Waals surface area contributed by atoms with E-state index in [1.807, 2.05) is 0 Å². The molecule has 2 aliphatic carbocycles. The molecule has 2 aliphatic rings. The van der Waals surface area contributed by atoms with Crippen LogP contribution in [-0.2, 0) is 4.79 Å². The van der Waals surface area contributed by atoms with E-state index >= 15 is 0 Å². The van der Waals surface area contributed by atoms with E-state index in [-0.39, 0.29) is 11.8 Å². The van der Waals surface area contributed by atoms with Crippen molar-refractivity contribution >= 4 is 5.91 Å². The van der Waals surface area contributed by atoms with Crippen LogP contribution in [0.2, 0.25) is 0 Å². The van der Waals surface area contributed by atoms with Crippen molar-refractivity contribution < 1.29 is 4.79 Å². The molecule has 0 aliphatic heterocycles. The maximum absolute atomic E-state index is 11.0. The lowest BCUT2D eigenvalue weighted by Crippen LogP contribution is -2.31. The third-order valence-corrected chi connectivity index (χ3v) is 3.35. The van der Waals surface area contributed by atoms with Crippen LogP contribution in [0.25, 0.3) is 0 Å². The molecule has 2 nitrogen and oxygen atoms in total. The number of fused-ring (bicyclic) bond motifs is 1. The second-order valence-corrected chi connectivity index (χ2v) is 4.21. The van der Waals surface area contributed by atoms with Crippen molar-refractivity contribution in [3.8, 4) is 0 Å². The smallest absolute Gasteiger partial charge is 0.220 e. The molecule has 2 rings (SSSR count). The van der Waals surface area contributed by atoms with Crippen LogP contribution in [0.3, 0.4) is 0 Å². The van der Waals surface area contributed by atoms with Crippen molar-refractivity contribution in [1.29, 1.82) is 0 Å². The minimum Gasteiger partial charge on any atom is -0.369 e. The molecule has 0 saturated heterocycles. The molecule has 2 N–H and O–H groups in total. The number of rotatable bonds is 1. The molecule has 4 atom stereocenters. The minimum atomic E-state index is -0.0807. The van der Waals surface area contributed by atoms with Gasteiger partial charge in [0, 0.05) is 5.92 Å². The predicted octanol–water partition coefficient (Wildman–Crippen LogP) is 1.15. The number of nitrogens with two attached hydrogens (primary N) is 1. The summed E-state index contributed by atoms with van der Waals surface area (Å²) in [6.45, 7) is 2.16. The standard InChI is InChI=1S/C9H15NO/c1-5-2-6-3-7(6)4-8(5)9(10)11/h5-8H,2-4H2,1H3,(H2,10,11). The zero-order valence-corrected chi connectivity index (χ0v) is 6.92. The van der Waals surface area contributed by atoms with Gasteiger partial charge in [-0.05, 0) is 37.0 Å². The maximum Gasteiger partial charge on any atom is 0.220 e. The molecule has 0 bridgehead atoms. The molecule has 0 aromatic rings. The Kier molecular flexibility index (Phi) is 1.44. The van der Waals surface area contributed by atoms with Gasteiger partial charge in [-0.15, -0.1) is 0 Å². The highest BCUT2D eigenvalue weighted by Gasteiger charge is 2.46. The van der Waals surface area contributed by atoms with Gasteiger partial charge in [0.2, 0.25) is 5.91 Å². The first kappa shape index (κ1) is 7.14. The summed E-state index contributed by atoms with van der Waals surface area (Å²) < 4.78 is 0. The van der Waals surface area contributed by atoms with Crippen LogP contribution in [-0.4, -0.2) is 5.91 Å². The number of carbonyl (C=O) groups is 1. The van der Waals surface area contributed by atoms with Crippen LogP contribution in [0, 0.1) is 23.7 Å². The van der Waals surface area contributed by atoms with Crippen molar-refractivity contribution in [2.24, 2.45) is 29.4 Å². The maximum atomic E-state index is 11.0. The van der Waals surface area contributed by atoms with Gasteiger partial charge in [0.15, 0.2) is 0 Å². The molecule has 0 radical (unpaired) electrons. The number of carbonyl (C=O) groups excluding carboxylic acids is 1. The van der Waals surface area contributed by atoms with E-state index in [0.717, 1.165) is 18.3 Å². The quantitative estimate of drug-likeness (QED) is 0.603. The van der Waals surface area contributed by atoms with Crippen molar-refractivity contribution in [2.75, 3.05) is 0 Å². The first-order valence-electron chi connectivity index (χ1n) is 4.47. The fraction of sp³-hybridized carbons (Fsp3) is 0.889. The first-order chi connectivity index (χ1) is 5.18. The molecule has 11 heavy (non-hydrogen) atoms. The Balaban J connectivity index is 2.03. The molecule has 2 fully saturated rings. The van der Waals surface area contributed by atoms with Gasteiger partial charge in [-0.3, -0.25) is 4.79 Å². The zero-order chi connectivity index (χ0) is 8.01. The van der Waals surface area contributed by atoms with Crippen molar-refractivity contribution in [3.05, 3.63) is 0 Å². The normalized spacial score (nSPS) is 48.1. The fourth-order valence-corrected chi connectivity index (χ4v) is 2.48. The summed E-state index contributed by atoms with van der Waals surface area (Å²) in [7, 11) is 0. The molecule has 0 aromatic heterocycles. The highest BCUT2D eigenvalue weighted by atomic mass is 16.1. The average molecular weight is 153 g/mol. The Morgan fingerprint density at radius 1 is 1.27 bits per heavy atom. The van der Waals surface area contributed by atoms with E-state index in [0.29, 0.717) is 5.92 Å². The first-order valence-corrected chi connectivity index (χ1v) is 4.47. The molecule has 2 heteroatoms. The summed E-state index contributed by atoms with van der Waals surface area (Å²) in [5.41, 5.74) is 5.30. The largest absolute Gasteiger partial charge is 0.369 e. The van der Waals surface area contributed by atoms with Gasteiger partial charge in [-0.1, -0.05) is 6.92 Å². The minimum absolute atomic E-state index is 0.0807. The predicted molar refractivity (Wildman–Crippen MR) is 42.7 cm³/mol. The SMILES string of the molecule is CC1CC2CC2CC1C(N)=O. The summed E-state index contributed by atoms with van der Waals surface area (Å²) in [6, 6.07) is 0. The molecule has 4 unspecified atom stereocenters. The Morgan fingerprint density at radius 2 is 1.91 bits per heavy atom. The van der Waals surface area contributed by atoms with Gasteiger partial charge in [-0.25, -0.2) is 0 Å². The van der Waals surface area contributed by atoms with Gasteiger partial charge in [0.05, 0.1) is 0 Å². The van der Waals surface area contributed by atoms with Gasteiger partial charge in [0.1, 0.15) is 0 Å². The summed E-state index contributed by atoms with van der Waals surface area (Å²) in [5, 5.41) is 0. The van der Waals surface area contributed by atoms with Crippen molar-refractivity contribution in [2.45, 2.75) is 26.2 Å². The Morgan fingerprint density at radius 3 is 2.55 bits per heavy atom. The summed E-state index contributed by atoms with van der Waals surface area (Å²) in [4.78, 5) is 11.0. The van der Waals surface area contributed by atoms with Gasteiger partial charge >= 0.3 is 0 Å². The summed E-state index contributed by atoms with van der Waals surface area (Å²) in [6.07, 6.45) is 3.66. The average Bonchev–Trinajstić information content (AvgIpc) is 2.63. The lowest BCUT2D eigenvalue weighted by molar-refractivity contribution is -0.124. The molecule has 0 spiro atoms. The highest BCUT2D eigenvalue weighted by Crippen LogP contribution is 2.53. The second kappa shape index (κ2) is 2.23. The number of primary amides is 1. The number of hydrogen-bond donors (Lipinski definition) is 1. The summed E-state index contributed by atoms with van der Waals surface area (Å²) in [5.74, 6) is 2.43. The monoisotopic (exact) mass is 153 g/mol. The zero-order valence-electron chi connectivity index (χ0n) is 6.92. The van der Waals surface area contributed by atoms with Crippen molar-refractivity contribution in [3.63, 3.8) is 0 Å². The Bertz CT molecular complexity index is 190. The van der Waals surface area contributed by atoms with Crippen molar-refractivity contribution in [1.82, 2.24) is 0 Å². The van der Waals surface area contributed by atoms with Crippen LogP contribution in [0.5, 0.6) is 0 Å².